The third-order valence-electron chi connectivity index (χ3n) is 2.30. The molecule has 0 saturated heterocycles. The fraction of sp³-hybridized carbons (Fsp3) is 0.400. The van der Waals surface area contributed by atoms with Crippen molar-refractivity contribution in [3.8, 4) is 0 Å². The molecule has 0 heterocycles. The average molecular weight is 212 g/mol. The van der Waals surface area contributed by atoms with Crippen LogP contribution in [0.5, 0.6) is 0 Å². The second-order valence-corrected chi connectivity index (χ2v) is 3.65. The molecule has 0 aromatic heterocycles. The van der Waals surface area contributed by atoms with Gasteiger partial charge in [-0.15, -0.1) is 4.91 Å². The predicted molar refractivity (Wildman–Crippen MR) is 55.1 cm³/mol. The number of benzene rings is 1. The van der Waals surface area contributed by atoms with Gasteiger partial charge in [-0.05, 0) is 36.7 Å². The van der Waals surface area contributed by atoms with Gasteiger partial charge in [-0.25, -0.2) is 4.39 Å². The number of aliphatic hydroxyl groups is 1. The van der Waals surface area contributed by atoms with Crippen molar-refractivity contribution in [2.75, 3.05) is 6.61 Å². The summed E-state index contributed by atoms with van der Waals surface area (Å²) in [7, 11) is 0. The first-order valence-corrected chi connectivity index (χ1v) is 4.54. The smallest absolute Gasteiger partial charge is 0.128 e. The van der Waals surface area contributed by atoms with Gasteiger partial charge in [-0.1, -0.05) is 0 Å². The molecule has 0 spiro atoms. The normalized spacial score (nSPS) is 14.7. The van der Waals surface area contributed by atoms with Gasteiger partial charge in [-0.2, -0.15) is 0 Å². The predicted octanol–water partition coefficient (Wildman–Crippen LogP) is 1.78. The lowest BCUT2D eigenvalue weighted by atomic mass is 9.89. The van der Waals surface area contributed by atoms with Crippen molar-refractivity contribution >= 4 is 5.69 Å². The number of hydrogen-bond donors (Lipinski definition) is 2. The van der Waals surface area contributed by atoms with E-state index in [4.69, 9.17) is 10.8 Å². The van der Waals surface area contributed by atoms with Gasteiger partial charge < -0.3 is 10.8 Å². The van der Waals surface area contributed by atoms with Crippen molar-refractivity contribution in [2.45, 2.75) is 18.9 Å². The molecular weight excluding hydrogens is 199 g/mol. The minimum Gasteiger partial charge on any atom is -0.396 e. The number of aliphatic hydroxyl groups excluding tert-OH is 1. The van der Waals surface area contributed by atoms with E-state index in [0.29, 0.717) is 0 Å². The lowest BCUT2D eigenvalue weighted by Crippen LogP contribution is -2.35. The van der Waals surface area contributed by atoms with Crippen molar-refractivity contribution in [1.29, 1.82) is 0 Å². The van der Waals surface area contributed by atoms with Gasteiger partial charge in [-0.3, -0.25) is 0 Å². The molecular formula is C10H13FN2O2. The van der Waals surface area contributed by atoms with E-state index in [0.717, 1.165) is 6.07 Å². The number of hydrogen-bond acceptors (Lipinski definition) is 4. The van der Waals surface area contributed by atoms with Crippen LogP contribution in [0.15, 0.2) is 23.4 Å². The largest absolute Gasteiger partial charge is 0.396 e. The van der Waals surface area contributed by atoms with E-state index in [1.807, 2.05) is 0 Å². The van der Waals surface area contributed by atoms with Crippen LogP contribution in [0.4, 0.5) is 10.1 Å². The molecule has 0 aliphatic rings. The summed E-state index contributed by atoms with van der Waals surface area (Å²) in [5.74, 6) is -0.499. The van der Waals surface area contributed by atoms with E-state index in [-0.39, 0.29) is 24.3 Å². The summed E-state index contributed by atoms with van der Waals surface area (Å²) >= 11 is 0. The zero-order chi connectivity index (χ0) is 11.5. The van der Waals surface area contributed by atoms with Crippen LogP contribution in [-0.2, 0) is 5.54 Å². The van der Waals surface area contributed by atoms with Crippen LogP contribution in [0.25, 0.3) is 0 Å². The highest BCUT2D eigenvalue weighted by atomic mass is 19.1. The maximum Gasteiger partial charge on any atom is 0.128 e. The second-order valence-electron chi connectivity index (χ2n) is 3.65. The Labute approximate surface area is 86.9 Å². The van der Waals surface area contributed by atoms with Crippen LogP contribution in [0.2, 0.25) is 0 Å². The van der Waals surface area contributed by atoms with Gasteiger partial charge >= 0.3 is 0 Å². The summed E-state index contributed by atoms with van der Waals surface area (Å²) in [6.07, 6.45) is 0.215. The fourth-order valence-corrected chi connectivity index (χ4v) is 1.37. The van der Waals surface area contributed by atoms with Crippen LogP contribution in [0.1, 0.15) is 18.9 Å². The monoisotopic (exact) mass is 212 g/mol. The number of nitrogens with zero attached hydrogens (tertiary/aromatic N) is 1. The molecule has 0 aliphatic heterocycles. The Morgan fingerprint density at radius 3 is 2.80 bits per heavy atom. The summed E-state index contributed by atoms with van der Waals surface area (Å²) in [4.78, 5) is 10.3. The van der Waals surface area contributed by atoms with Crippen molar-refractivity contribution in [1.82, 2.24) is 0 Å². The Morgan fingerprint density at radius 1 is 1.60 bits per heavy atom. The van der Waals surface area contributed by atoms with Crippen molar-refractivity contribution in [3.63, 3.8) is 0 Å². The SMILES string of the molecule is C[C@](N)(CCO)c1cc(N=O)ccc1F. The Balaban J connectivity index is 3.16. The molecule has 5 heteroatoms. The maximum atomic E-state index is 13.4. The molecule has 1 aromatic rings. The molecule has 0 amide bonds. The van der Waals surface area contributed by atoms with Crippen LogP contribution >= 0.6 is 0 Å². The number of rotatable bonds is 4. The molecule has 0 unspecified atom stereocenters. The van der Waals surface area contributed by atoms with Crippen molar-refractivity contribution in [2.24, 2.45) is 10.9 Å². The fourth-order valence-electron chi connectivity index (χ4n) is 1.37. The first-order valence-electron chi connectivity index (χ1n) is 4.54. The van der Waals surface area contributed by atoms with E-state index in [1.54, 1.807) is 6.92 Å². The molecule has 82 valence electrons. The Bertz CT molecular complexity index is 366. The van der Waals surface area contributed by atoms with Gasteiger partial charge in [0, 0.05) is 17.7 Å². The summed E-state index contributed by atoms with van der Waals surface area (Å²) < 4.78 is 13.4. The van der Waals surface area contributed by atoms with Gasteiger partial charge in [0.25, 0.3) is 0 Å². The molecule has 1 rings (SSSR count). The zero-order valence-electron chi connectivity index (χ0n) is 8.40. The number of nitrogens with two attached hydrogens (primary N) is 1. The van der Waals surface area contributed by atoms with Crippen LogP contribution in [0.3, 0.4) is 0 Å². The number of nitroso groups, excluding NO2 is 1. The first kappa shape index (κ1) is 11.7. The Kier molecular flexibility index (Phi) is 3.49. The third-order valence-corrected chi connectivity index (χ3v) is 2.30. The highest BCUT2D eigenvalue weighted by molar-refractivity contribution is 5.43. The molecule has 3 N–H and O–H groups in total. The van der Waals surface area contributed by atoms with Crippen LogP contribution in [0, 0.1) is 10.7 Å². The van der Waals surface area contributed by atoms with Crippen molar-refractivity contribution in [3.05, 3.63) is 34.5 Å². The third kappa shape index (κ3) is 2.57. The minimum absolute atomic E-state index is 0.126. The quantitative estimate of drug-likeness (QED) is 0.747. The summed E-state index contributed by atoms with van der Waals surface area (Å²) in [5.41, 5.74) is 5.14. The summed E-state index contributed by atoms with van der Waals surface area (Å²) in [5, 5.41) is 11.5. The van der Waals surface area contributed by atoms with E-state index < -0.39 is 11.4 Å². The first-order chi connectivity index (χ1) is 7.01. The summed E-state index contributed by atoms with van der Waals surface area (Å²) in [6, 6.07) is 3.73. The highest BCUT2D eigenvalue weighted by Gasteiger charge is 2.24. The van der Waals surface area contributed by atoms with Gasteiger partial charge in [0.05, 0.1) is 0 Å². The molecule has 1 aromatic carbocycles. The molecule has 0 aliphatic carbocycles. The maximum absolute atomic E-state index is 13.4. The molecule has 1 atom stereocenters. The lowest BCUT2D eigenvalue weighted by molar-refractivity contribution is 0.245. The van der Waals surface area contributed by atoms with E-state index in [1.165, 1.54) is 12.1 Å². The van der Waals surface area contributed by atoms with Gasteiger partial charge in [0.2, 0.25) is 0 Å². The van der Waals surface area contributed by atoms with Gasteiger partial charge in [0.15, 0.2) is 0 Å². The van der Waals surface area contributed by atoms with E-state index >= 15 is 0 Å². The lowest BCUT2D eigenvalue weighted by Gasteiger charge is -2.24. The molecule has 0 fully saturated rings. The second kappa shape index (κ2) is 4.46. The topological polar surface area (TPSA) is 75.7 Å². The molecule has 0 saturated carbocycles. The zero-order valence-corrected chi connectivity index (χ0v) is 8.40. The van der Waals surface area contributed by atoms with E-state index in [2.05, 4.69) is 5.18 Å². The number of halogens is 1. The Morgan fingerprint density at radius 2 is 2.27 bits per heavy atom. The standard InChI is InChI=1S/C10H13FN2O2/c1-10(12,4-5-14)8-6-7(13-15)2-3-9(8)11/h2-3,6,14H,4-5,12H2,1H3/t10-/m0/s1. The van der Waals surface area contributed by atoms with Gasteiger partial charge in [0.1, 0.15) is 11.5 Å². The molecule has 15 heavy (non-hydrogen) atoms. The molecule has 4 nitrogen and oxygen atoms in total. The van der Waals surface area contributed by atoms with Crippen LogP contribution in [-0.4, -0.2) is 11.7 Å². The van der Waals surface area contributed by atoms with Crippen molar-refractivity contribution < 1.29 is 9.50 Å². The highest BCUT2D eigenvalue weighted by Crippen LogP contribution is 2.27. The minimum atomic E-state index is -1.00. The molecule has 0 radical (unpaired) electrons. The summed E-state index contributed by atoms with van der Waals surface area (Å²) in [6.45, 7) is 1.45. The van der Waals surface area contributed by atoms with Crippen LogP contribution < -0.4 is 5.73 Å². The average Bonchev–Trinajstić information content (AvgIpc) is 2.18. The van der Waals surface area contributed by atoms with E-state index in [9.17, 15) is 9.30 Å². The Hall–Kier alpha value is -1.33. The molecule has 0 bridgehead atoms.